The highest BCUT2D eigenvalue weighted by molar-refractivity contribution is 5.99. The number of halogens is 1. The van der Waals surface area contributed by atoms with E-state index in [0.717, 1.165) is 24.0 Å². The zero-order valence-electron chi connectivity index (χ0n) is 15.0. The highest BCUT2D eigenvalue weighted by Gasteiger charge is 2.39. The van der Waals surface area contributed by atoms with Crippen molar-refractivity contribution in [1.29, 1.82) is 0 Å². The minimum absolute atomic E-state index is 0. The zero-order chi connectivity index (χ0) is 17.9. The van der Waals surface area contributed by atoms with Crippen LogP contribution < -0.4 is 16.0 Å². The Bertz CT molecular complexity index is 784. The van der Waals surface area contributed by atoms with Crippen molar-refractivity contribution in [3.8, 4) is 0 Å². The smallest absolute Gasteiger partial charge is 0.256 e. The van der Waals surface area contributed by atoms with Gasteiger partial charge in [-0.1, -0.05) is 6.07 Å². The maximum atomic E-state index is 12.8. The highest BCUT2D eigenvalue weighted by atomic mass is 35.5. The molecule has 1 aliphatic rings. The number of fused-ring (bicyclic) bond motifs is 1. The minimum atomic E-state index is -0.787. The van der Waals surface area contributed by atoms with Gasteiger partial charge in [-0.15, -0.1) is 12.4 Å². The number of ether oxygens (including phenoxy) is 1. The number of nitrogens with zero attached hydrogens (tertiary/aromatic N) is 1. The van der Waals surface area contributed by atoms with Crippen molar-refractivity contribution in [2.24, 2.45) is 0 Å². The molecule has 7 nitrogen and oxygen atoms in total. The molecule has 2 amide bonds. The van der Waals surface area contributed by atoms with Gasteiger partial charge in [0.2, 0.25) is 5.91 Å². The monoisotopic (exact) mass is 380 g/mol. The topological polar surface area (TPSA) is 84.4 Å². The van der Waals surface area contributed by atoms with Crippen LogP contribution in [0.3, 0.4) is 0 Å². The van der Waals surface area contributed by atoms with Crippen LogP contribution in [0.5, 0.6) is 0 Å². The molecule has 0 saturated carbocycles. The summed E-state index contributed by atoms with van der Waals surface area (Å²) in [4.78, 5) is 24.4. The fourth-order valence-electron chi connectivity index (χ4n) is 3.23. The van der Waals surface area contributed by atoms with E-state index in [0.29, 0.717) is 18.5 Å². The first-order chi connectivity index (χ1) is 12.1. The number of aromatic nitrogens is 1. The number of benzene rings is 1. The van der Waals surface area contributed by atoms with E-state index in [1.807, 2.05) is 35.0 Å². The van der Waals surface area contributed by atoms with Crippen LogP contribution in [0.15, 0.2) is 30.5 Å². The van der Waals surface area contributed by atoms with E-state index in [4.69, 9.17) is 4.74 Å². The van der Waals surface area contributed by atoms with E-state index < -0.39 is 5.60 Å². The lowest BCUT2D eigenvalue weighted by Gasteiger charge is -2.34. The molecule has 0 spiro atoms. The van der Waals surface area contributed by atoms with E-state index >= 15 is 0 Å². The molecule has 1 aliphatic heterocycles. The maximum absolute atomic E-state index is 12.8. The SMILES string of the molecule is CNC(=O)Cn1ccc2ccc(NC(=O)C3(OC)CCNCC3)cc21.Cl. The molecule has 3 N–H and O–H groups in total. The summed E-state index contributed by atoms with van der Waals surface area (Å²) in [5.74, 6) is -0.194. The molecule has 1 saturated heterocycles. The van der Waals surface area contributed by atoms with Crippen LogP contribution in [-0.4, -0.2) is 49.2 Å². The molecule has 0 unspecified atom stereocenters. The molecule has 142 valence electrons. The number of piperidine rings is 1. The molecular formula is C18H25ClN4O3. The molecule has 0 atom stereocenters. The lowest BCUT2D eigenvalue weighted by molar-refractivity contribution is -0.140. The molecular weight excluding hydrogens is 356 g/mol. The minimum Gasteiger partial charge on any atom is -0.368 e. The van der Waals surface area contributed by atoms with Gasteiger partial charge in [0, 0.05) is 26.0 Å². The number of rotatable bonds is 5. The van der Waals surface area contributed by atoms with E-state index in [9.17, 15) is 9.59 Å². The van der Waals surface area contributed by atoms with Gasteiger partial charge in [0.05, 0.1) is 5.52 Å². The molecule has 2 aromatic rings. The third-order valence-electron chi connectivity index (χ3n) is 4.84. The highest BCUT2D eigenvalue weighted by Crippen LogP contribution is 2.26. The third-order valence-corrected chi connectivity index (χ3v) is 4.84. The first kappa shape index (κ1) is 20.2. The Balaban J connectivity index is 0.00000243. The van der Waals surface area contributed by atoms with Crippen LogP contribution in [0.2, 0.25) is 0 Å². The van der Waals surface area contributed by atoms with E-state index in [2.05, 4.69) is 16.0 Å². The predicted octanol–water partition coefficient (Wildman–Crippen LogP) is 1.52. The fourth-order valence-corrected chi connectivity index (χ4v) is 3.23. The van der Waals surface area contributed by atoms with Gasteiger partial charge in [0.15, 0.2) is 0 Å². The average molecular weight is 381 g/mol. The van der Waals surface area contributed by atoms with Gasteiger partial charge in [0.1, 0.15) is 12.1 Å². The van der Waals surface area contributed by atoms with Crippen LogP contribution in [0.25, 0.3) is 10.9 Å². The van der Waals surface area contributed by atoms with E-state index in [-0.39, 0.29) is 30.8 Å². The number of likely N-dealkylation sites (N-methyl/N-ethyl adjacent to an activating group) is 1. The van der Waals surface area contributed by atoms with Gasteiger partial charge in [-0.3, -0.25) is 9.59 Å². The average Bonchev–Trinajstić information content (AvgIpc) is 3.04. The van der Waals surface area contributed by atoms with Crippen LogP contribution in [0.1, 0.15) is 12.8 Å². The molecule has 8 heteroatoms. The van der Waals surface area contributed by atoms with Gasteiger partial charge < -0.3 is 25.3 Å². The van der Waals surface area contributed by atoms with Gasteiger partial charge in [-0.05, 0) is 49.5 Å². The number of hydrogen-bond acceptors (Lipinski definition) is 4. The summed E-state index contributed by atoms with van der Waals surface area (Å²) < 4.78 is 7.43. The number of hydrogen-bond donors (Lipinski definition) is 3. The Labute approximate surface area is 158 Å². The molecule has 2 heterocycles. The first-order valence-electron chi connectivity index (χ1n) is 8.45. The van der Waals surface area contributed by atoms with Crippen LogP contribution in [0.4, 0.5) is 5.69 Å². The number of carbonyl (C=O) groups excluding carboxylic acids is 2. The second kappa shape index (κ2) is 8.53. The molecule has 1 aromatic heterocycles. The molecule has 1 fully saturated rings. The molecule has 3 rings (SSSR count). The van der Waals surface area contributed by atoms with Gasteiger partial charge in [-0.2, -0.15) is 0 Å². The maximum Gasteiger partial charge on any atom is 0.256 e. The second-order valence-electron chi connectivity index (χ2n) is 6.29. The number of methoxy groups -OCH3 is 1. The molecule has 0 bridgehead atoms. The Morgan fingerprint density at radius 3 is 2.65 bits per heavy atom. The number of amides is 2. The molecule has 26 heavy (non-hydrogen) atoms. The summed E-state index contributed by atoms with van der Waals surface area (Å²) in [6, 6.07) is 7.65. The van der Waals surface area contributed by atoms with Crippen LogP contribution >= 0.6 is 12.4 Å². The normalized spacial score (nSPS) is 15.9. The number of carbonyl (C=O) groups is 2. The molecule has 0 aliphatic carbocycles. The van der Waals surface area contributed by atoms with Gasteiger partial charge in [-0.25, -0.2) is 0 Å². The zero-order valence-corrected chi connectivity index (χ0v) is 15.8. The summed E-state index contributed by atoms with van der Waals surface area (Å²) in [5.41, 5.74) is 0.812. The summed E-state index contributed by atoms with van der Waals surface area (Å²) in [5, 5.41) is 9.85. The van der Waals surface area contributed by atoms with Crippen molar-refractivity contribution >= 4 is 40.8 Å². The summed E-state index contributed by atoms with van der Waals surface area (Å²) in [7, 11) is 3.20. The Kier molecular flexibility index (Phi) is 6.63. The van der Waals surface area contributed by atoms with Crippen molar-refractivity contribution in [3.05, 3.63) is 30.5 Å². The standard InChI is InChI=1S/C18H24N4O3.ClH/c1-19-16(23)12-22-10-5-13-3-4-14(11-15(13)22)21-17(24)18(25-2)6-8-20-9-7-18;/h3-5,10-11,20H,6-9,12H2,1-2H3,(H,19,23)(H,21,24);1H. The van der Waals surface area contributed by atoms with Crippen molar-refractivity contribution in [2.75, 3.05) is 32.6 Å². The second-order valence-corrected chi connectivity index (χ2v) is 6.29. The molecule has 0 radical (unpaired) electrons. The first-order valence-corrected chi connectivity index (χ1v) is 8.45. The predicted molar refractivity (Wildman–Crippen MR) is 104 cm³/mol. The lowest BCUT2D eigenvalue weighted by atomic mass is 9.91. The van der Waals surface area contributed by atoms with E-state index in [1.165, 1.54) is 0 Å². The van der Waals surface area contributed by atoms with Crippen molar-refractivity contribution < 1.29 is 14.3 Å². The number of anilines is 1. The van der Waals surface area contributed by atoms with Gasteiger partial charge in [0.25, 0.3) is 5.91 Å². The van der Waals surface area contributed by atoms with E-state index in [1.54, 1.807) is 14.2 Å². The summed E-state index contributed by atoms with van der Waals surface area (Å²) in [6.45, 7) is 1.76. The van der Waals surface area contributed by atoms with Crippen molar-refractivity contribution in [3.63, 3.8) is 0 Å². The lowest BCUT2D eigenvalue weighted by Crippen LogP contribution is -2.51. The van der Waals surface area contributed by atoms with Gasteiger partial charge >= 0.3 is 0 Å². The van der Waals surface area contributed by atoms with Crippen molar-refractivity contribution in [1.82, 2.24) is 15.2 Å². The Morgan fingerprint density at radius 2 is 2.00 bits per heavy atom. The summed E-state index contributed by atoms with van der Waals surface area (Å²) >= 11 is 0. The quantitative estimate of drug-likeness (QED) is 0.734. The summed E-state index contributed by atoms with van der Waals surface area (Å²) in [6.07, 6.45) is 3.16. The van der Waals surface area contributed by atoms with Crippen LogP contribution in [-0.2, 0) is 20.9 Å². The fraction of sp³-hybridized carbons (Fsp3) is 0.444. The Hall–Kier alpha value is -2.09. The molecule has 1 aromatic carbocycles. The number of nitrogens with one attached hydrogen (secondary N) is 3. The largest absolute Gasteiger partial charge is 0.368 e. The Morgan fingerprint density at radius 1 is 1.27 bits per heavy atom. The third kappa shape index (κ3) is 4.00. The van der Waals surface area contributed by atoms with Crippen molar-refractivity contribution in [2.45, 2.75) is 25.0 Å². The van der Waals surface area contributed by atoms with Crippen LogP contribution in [0, 0.1) is 0 Å².